The molecule has 5 aromatic rings. The van der Waals surface area contributed by atoms with Gasteiger partial charge in [0.2, 0.25) is 0 Å². The zero-order valence-corrected chi connectivity index (χ0v) is 31.3. The van der Waals surface area contributed by atoms with Gasteiger partial charge < -0.3 is 28.2 Å². The second kappa shape index (κ2) is 16.6. The molecule has 55 heavy (non-hydrogen) atoms. The van der Waals surface area contributed by atoms with Gasteiger partial charge in [-0.1, -0.05) is 6.07 Å². The minimum atomic E-state index is -1.14. The number of hydrogen-bond donors (Lipinski definition) is 1. The Morgan fingerprint density at radius 1 is 0.818 bits per heavy atom. The third-order valence-corrected chi connectivity index (χ3v) is 10.7. The number of ether oxygens (including phenoxy) is 3. The number of alkyl halides is 1. The average molecular weight is 756 g/mol. The summed E-state index contributed by atoms with van der Waals surface area (Å²) >= 11 is 0. The number of pyridine rings is 3. The van der Waals surface area contributed by atoms with Crippen LogP contribution >= 0.6 is 0 Å². The van der Waals surface area contributed by atoms with Crippen molar-refractivity contribution in [1.29, 1.82) is 0 Å². The molecule has 4 aromatic heterocycles. The Labute approximate surface area is 316 Å². The first-order valence-corrected chi connectivity index (χ1v) is 18.5. The molecule has 0 bridgehead atoms. The van der Waals surface area contributed by atoms with Gasteiger partial charge in [-0.05, 0) is 48.9 Å². The van der Waals surface area contributed by atoms with E-state index >= 15 is 4.39 Å². The van der Waals surface area contributed by atoms with Gasteiger partial charge in [0.1, 0.15) is 17.7 Å². The van der Waals surface area contributed by atoms with Gasteiger partial charge >= 0.3 is 5.69 Å². The number of rotatable bonds is 12. The normalized spacial score (nSPS) is 18.5. The maximum atomic E-state index is 15.7. The maximum absolute atomic E-state index is 15.7. The molecule has 1 aromatic carbocycles. The molecule has 14 nitrogen and oxygen atoms in total. The van der Waals surface area contributed by atoms with Gasteiger partial charge in [-0.3, -0.25) is 33.8 Å². The van der Waals surface area contributed by atoms with Crippen LogP contribution in [0.4, 0.5) is 4.39 Å². The lowest BCUT2D eigenvalue weighted by atomic mass is 9.98. The summed E-state index contributed by atoms with van der Waals surface area (Å²) in [6, 6.07) is 10.4. The van der Waals surface area contributed by atoms with Crippen molar-refractivity contribution in [3.8, 4) is 22.6 Å². The first-order chi connectivity index (χ1) is 26.6. The van der Waals surface area contributed by atoms with Crippen LogP contribution < -0.4 is 31.8 Å². The van der Waals surface area contributed by atoms with Crippen LogP contribution in [-0.4, -0.2) is 98.8 Å². The molecule has 0 radical (unpaired) electrons. The van der Waals surface area contributed by atoms with Crippen molar-refractivity contribution in [3.05, 3.63) is 120 Å². The number of H-pyrrole nitrogens is 1. The van der Waals surface area contributed by atoms with Crippen molar-refractivity contribution in [2.75, 3.05) is 46.9 Å². The molecule has 15 heteroatoms. The summed E-state index contributed by atoms with van der Waals surface area (Å²) in [7, 11) is 4.93. The molecule has 1 N–H and O–H groups in total. The molecule has 2 fully saturated rings. The number of nitrogens with zero attached hydrogens (tertiary/aromatic N) is 6. The molecular formula is C40H46FN7O7. The summed E-state index contributed by atoms with van der Waals surface area (Å²) < 4.78 is 38.2. The Bertz CT molecular complexity index is 2400. The molecular weight excluding hydrogens is 709 g/mol. The predicted octanol–water partition coefficient (Wildman–Crippen LogP) is 2.77. The van der Waals surface area contributed by atoms with Crippen LogP contribution in [0.1, 0.15) is 30.4 Å². The van der Waals surface area contributed by atoms with Crippen molar-refractivity contribution < 1.29 is 18.6 Å². The molecule has 2 aliphatic rings. The molecule has 2 aliphatic heterocycles. The number of aromatic amines is 1. The Balaban J connectivity index is 0.919. The fourth-order valence-corrected chi connectivity index (χ4v) is 7.71. The van der Waals surface area contributed by atoms with Crippen molar-refractivity contribution in [1.82, 2.24) is 33.5 Å². The van der Waals surface area contributed by atoms with E-state index in [1.54, 1.807) is 62.8 Å². The van der Waals surface area contributed by atoms with Crippen LogP contribution in [0.2, 0.25) is 0 Å². The Morgan fingerprint density at radius 3 is 2.35 bits per heavy atom. The Morgan fingerprint density at radius 2 is 1.60 bits per heavy atom. The van der Waals surface area contributed by atoms with Crippen molar-refractivity contribution in [2.45, 2.75) is 57.3 Å². The van der Waals surface area contributed by atoms with E-state index < -0.39 is 23.5 Å². The second-order valence-corrected chi connectivity index (χ2v) is 14.3. The quantitative estimate of drug-likeness (QED) is 0.202. The molecule has 6 heterocycles. The average Bonchev–Trinajstić information content (AvgIpc) is 3.19. The highest BCUT2D eigenvalue weighted by Crippen LogP contribution is 2.39. The minimum absolute atomic E-state index is 0.0334. The lowest BCUT2D eigenvalue weighted by Crippen LogP contribution is -2.48. The zero-order chi connectivity index (χ0) is 38.6. The van der Waals surface area contributed by atoms with Gasteiger partial charge in [-0.25, -0.2) is 9.18 Å². The summed E-state index contributed by atoms with van der Waals surface area (Å²) in [5.74, 6) is 1.27. The fourth-order valence-electron chi connectivity index (χ4n) is 7.71. The molecule has 0 unspecified atom stereocenters. The molecule has 2 saturated heterocycles. The monoisotopic (exact) mass is 755 g/mol. The van der Waals surface area contributed by atoms with Gasteiger partial charge in [0.25, 0.3) is 16.7 Å². The van der Waals surface area contributed by atoms with Crippen LogP contribution in [0, 0.1) is 0 Å². The standard InChI is InChI=1S/C40H46FN7O7/c1-44-24-32(29-6-11-42-21-31(29)39(44)51)30-20-35(53-2)27(19-36(30)54-3)22-46-15-9-34(33(41)25-46)55-28-7-13-45(14-8-28)17-18-47-12-4-5-26(38(47)50)23-48-16-10-37(49)43-40(48)52/h4-6,10-12,16,19-21,24,28,33-34H,7-9,13-15,17-18,22-23,25H2,1-3H3,(H,43,49,52)/t33-,34-/m1/s1. The number of nitrogens with one attached hydrogen (secondary N) is 1. The second-order valence-electron chi connectivity index (χ2n) is 14.3. The van der Waals surface area contributed by atoms with Gasteiger partial charge in [0, 0.05) is 112 Å². The van der Waals surface area contributed by atoms with E-state index in [2.05, 4.69) is 19.8 Å². The van der Waals surface area contributed by atoms with Gasteiger partial charge in [0.15, 0.2) is 0 Å². The van der Waals surface area contributed by atoms with Crippen LogP contribution in [0.25, 0.3) is 21.9 Å². The highest BCUT2D eigenvalue weighted by molar-refractivity contribution is 5.97. The highest BCUT2D eigenvalue weighted by Gasteiger charge is 2.33. The van der Waals surface area contributed by atoms with Crippen molar-refractivity contribution in [3.63, 3.8) is 0 Å². The van der Waals surface area contributed by atoms with E-state index in [1.807, 2.05) is 18.2 Å². The minimum Gasteiger partial charge on any atom is -0.496 e. The van der Waals surface area contributed by atoms with Crippen molar-refractivity contribution in [2.24, 2.45) is 7.05 Å². The molecule has 7 rings (SSSR count). The lowest BCUT2D eigenvalue weighted by molar-refractivity contribution is -0.0995. The number of benzene rings is 1. The number of piperidine rings is 2. The smallest absolute Gasteiger partial charge is 0.328 e. The number of aryl methyl sites for hydroxylation is 1. The molecule has 290 valence electrons. The summed E-state index contributed by atoms with van der Waals surface area (Å²) in [6.45, 7) is 4.17. The molecule has 0 spiro atoms. The maximum Gasteiger partial charge on any atom is 0.328 e. The van der Waals surface area contributed by atoms with E-state index in [1.165, 1.54) is 21.4 Å². The molecule has 0 amide bonds. The number of fused-ring (bicyclic) bond motifs is 1. The highest BCUT2D eigenvalue weighted by atomic mass is 19.1. The van der Waals surface area contributed by atoms with Crippen molar-refractivity contribution >= 4 is 10.8 Å². The number of halogens is 1. The SMILES string of the molecule is COc1cc(-c2cn(C)c(=O)c3cnccc23)c(OC)cc1CN1CC[C@@H](OC2CCN(CCn3cccc(Cn4ccc(=O)[nH]c4=O)c3=O)CC2)[C@H](F)C1. The van der Waals surface area contributed by atoms with Crippen LogP contribution in [0.5, 0.6) is 11.5 Å². The molecule has 0 aliphatic carbocycles. The predicted molar refractivity (Wildman–Crippen MR) is 206 cm³/mol. The zero-order valence-electron chi connectivity index (χ0n) is 31.3. The van der Waals surface area contributed by atoms with Crippen LogP contribution in [-0.2, 0) is 31.4 Å². The first-order valence-electron chi connectivity index (χ1n) is 18.5. The summed E-state index contributed by atoms with van der Waals surface area (Å²) in [4.78, 5) is 60.1. The Hall–Kier alpha value is -5.38. The number of aromatic nitrogens is 5. The number of methoxy groups -OCH3 is 2. The number of likely N-dealkylation sites (tertiary alicyclic amines) is 2. The topological polar surface area (TPSA) is 146 Å². The third-order valence-electron chi connectivity index (χ3n) is 10.7. The van der Waals surface area contributed by atoms with Crippen LogP contribution in [0.3, 0.4) is 0 Å². The van der Waals surface area contributed by atoms with E-state index in [4.69, 9.17) is 14.2 Å². The summed E-state index contributed by atoms with van der Waals surface area (Å²) in [5, 5.41) is 1.27. The first kappa shape index (κ1) is 37.9. The van der Waals surface area contributed by atoms with E-state index in [0.29, 0.717) is 55.0 Å². The van der Waals surface area contributed by atoms with E-state index in [-0.39, 0.29) is 30.3 Å². The summed E-state index contributed by atoms with van der Waals surface area (Å²) in [5.41, 5.74) is 1.56. The van der Waals surface area contributed by atoms with Gasteiger partial charge in [-0.2, -0.15) is 0 Å². The van der Waals surface area contributed by atoms with E-state index in [0.717, 1.165) is 48.0 Å². The third kappa shape index (κ3) is 8.33. The fraction of sp³-hybridized carbons (Fsp3) is 0.425. The van der Waals surface area contributed by atoms with Gasteiger partial charge in [0.05, 0.1) is 38.4 Å². The van der Waals surface area contributed by atoms with E-state index in [9.17, 15) is 19.2 Å². The van der Waals surface area contributed by atoms with Crippen LogP contribution in [0.15, 0.2) is 86.6 Å². The molecule has 0 saturated carbocycles. The molecule has 2 atom stereocenters. The summed E-state index contributed by atoms with van der Waals surface area (Å²) in [6.07, 6.45) is 8.62. The largest absolute Gasteiger partial charge is 0.496 e. The lowest BCUT2D eigenvalue weighted by Gasteiger charge is -2.39. The van der Waals surface area contributed by atoms with Gasteiger partial charge in [-0.15, -0.1) is 0 Å². The number of hydrogen-bond acceptors (Lipinski definition) is 10. The Kier molecular flexibility index (Phi) is 11.4.